The van der Waals surface area contributed by atoms with E-state index < -0.39 is 0 Å². The van der Waals surface area contributed by atoms with E-state index in [0.29, 0.717) is 0 Å². The van der Waals surface area contributed by atoms with Crippen molar-refractivity contribution in [2.45, 2.75) is 37.6 Å². The summed E-state index contributed by atoms with van der Waals surface area (Å²) >= 11 is 0. The minimum atomic E-state index is -0.0669. The van der Waals surface area contributed by atoms with Gasteiger partial charge in [-0.3, -0.25) is 4.98 Å². The first-order chi connectivity index (χ1) is 25.8. The van der Waals surface area contributed by atoms with Gasteiger partial charge in [-0.2, -0.15) is 0 Å². The molecule has 2 N–H and O–H groups in total. The molecule has 5 aromatic rings. The van der Waals surface area contributed by atoms with E-state index in [4.69, 9.17) is 10.7 Å². The lowest BCUT2D eigenvalue weighted by Gasteiger charge is -2.37. The van der Waals surface area contributed by atoms with Crippen LogP contribution in [0.25, 0.3) is 44.7 Å². The second-order valence-electron chi connectivity index (χ2n) is 14.5. The third kappa shape index (κ3) is 4.93. The van der Waals surface area contributed by atoms with Crippen LogP contribution in [0.15, 0.2) is 169 Å². The predicted molar refractivity (Wildman–Crippen MR) is 218 cm³/mol. The minimum Gasteiger partial charge on any atom is -0.321 e. The van der Waals surface area contributed by atoms with Crippen LogP contribution >= 0.6 is 0 Å². The molecular weight excluding hydrogens is 629 g/mol. The zero-order valence-corrected chi connectivity index (χ0v) is 29.2. The first kappa shape index (κ1) is 30.9. The molecule has 0 bridgehead atoms. The Kier molecular flexibility index (Phi) is 7.58. The molecule has 0 radical (unpaired) electrons. The standard InChI is InChI=1S/C50H40N2/c51-44-27-12-7-15-32(44)20-13-28-45-37-22-9-8-21-35(37)43(31-52-45)36-29-30-42-48-38(36)25-14-26-41(48)49-46(33-16-3-1-4-17-33)39-23-10-11-24-40(39)47(50(42)49)34-18-5-2-6-19-34/h1-7,10-20,23-31,40,44,47H,8-9,21-22,51H2/b28-13+,32-20-. The van der Waals surface area contributed by atoms with E-state index in [2.05, 4.69) is 146 Å². The lowest BCUT2D eigenvalue weighted by molar-refractivity contribution is 0.682. The maximum absolute atomic E-state index is 6.30. The van der Waals surface area contributed by atoms with Crippen molar-refractivity contribution in [3.8, 4) is 11.1 Å². The van der Waals surface area contributed by atoms with Crippen molar-refractivity contribution in [2.24, 2.45) is 11.7 Å². The average molecular weight is 669 g/mol. The van der Waals surface area contributed by atoms with Gasteiger partial charge in [0.05, 0.1) is 5.69 Å². The van der Waals surface area contributed by atoms with Crippen molar-refractivity contribution in [3.05, 3.63) is 208 Å². The second kappa shape index (κ2) is 12.7. The number of aromatic nitrogens is 1. The van der Waals surface area contributed by atoms with Crippen LogP contribution in [-0.2, 0) is 12.8 Å². The van der Waals surface area contributed by atoms with Gasteiger partial charge in [0, 0.05) is 29.6 Å². The summed E-state index contributed by atoms with van der Waals surface area (Å²) in [6.07, 6.45) is 30.5. The molecule has 4 aromatic carbocycles. The van der Waals surface area contributed by atoms with Crippen LogP contribution in [0.4, 0.5) is 0 Å². The molecule has 1 heterocycles. The van der Waals surface area contributed by atoms with Crippen LogP contribution in [0.5, 0.6) is 0 Å². The Morgan fingerprint density at radius 1 is 0.654 bits per heavy atom. The van der Waals surface area contributed by atoms with Gasteiger partial charge in [-0.25, -0.2) is 0 Å². The van der Waals surface area contributed by atoms with E-state index >= 15 is 0 Å². The topological polar surface area (TPSA) is 38.9 Å². The third-order valence-electron chi connectivity index (χ3n) is 11.7. The van der Waals surface area contributed by atoms with Gasteiger partial charge in [-0.15, -0.1) is 0 Å². The SMILES string of the molecule is NC1C=CC=C/C1=C/C=C/c1ncc(-c2ccc3c4c(cccc24)C2=C3C(c3ccccc3)C3C=CC=CC3=C2c2ccccc2)c2c1CCCC2. The van der Waals surface area contributed by atoms with Crippen molar-refractivity contribution in [3.63, 3.8) is 0 Å². The first-order valence-electron chi connectivity index (χ1n) is 18.8. The Bertz CT molecular complexity index is 2520. The summed E-state index contributed by atoms with van der Waals surface area (Å²) in [5.41, 5.74) is 24.9. The molecule has 0 saturated heterocycles. The average Bonchev–Trinajstić information content (AvgIpc) is 3.53. The molecule has 3 atom stereocenters. The van der Waals surface area contributed by atoms with Gasteiger partial charge in [0.1, 0.15) is 0 Å². The fraction of sp³-hybridized carbons (Fsp3) is 0.140. The van der Waals surface area contributed by atoms with Gasteiger partial charge in [0.15, 0.2) is 0 Å². The van der Waals surface area contributed by atoms with Crippen molar-refractivity contribution < 1.29 is 0 Å². The number of pyridine rings is 1. The Morgan fingerprint density at radius 3 is 2.27 bits per heavy atom. The summed E-state index contributed by atoms with van der Waals surface area (Å²) < 4.78 is 0. The number of hydrogen-bond donors (Lipinski definition) is 1. The Balaban J connectivity index is 1.16. The van der Waals surface area contributed by atoms with E-state index in [1.54, 1.807) is 0 Å². The molecule has 1 aromatic heterocycles. The predicted octanol–water partition coefficient (Wildman–Crippen LogP) is 11.4. The molecule has 2 heteroatoms. The highest BCUT2D eigenvalue weighted by molar-refractivity contribution is 6.29. The molecule has 3 unspecified atom stereocenters. The van der Waals surface area contributed by atoms with Crippen LogP contribution in [0, 0.1) is 5.92 Å². The van der Waals surface area contributed by atoms with E-state index in [1.807, 2.05) is 18.2 Å². The number of benzene rings is 4. The summed E-state index contributed by atoms with van der Waals surface area (Å²) in [6, 6.07) is 34.0. The largest absolute Gasteiger partial charge is 0.321 e. The van der Waals surface area contributed by atoms with Crippen LogP contribution in [0.2, 0.25) is 0 Å². The van der Waals surface area contributed by atoms with Gasteiger partial charge in [0.2, 0.25) is 0 Å². The van der Waals surface area contributed by atoms with Gasteiger partial charge >= 0.3 is 0 Å². The van der Waals surface area contributed by atoms with E-state index in [-0.39, 0.29) is 17.9 Å². The molecule has 2 nitrogen and oxygen atoms in total. The lowest BCUT2D eigenvalue weighted by atomic mass is 9.66. The maximum atomic E-state index is 6.30. The highest BCUT2D eigenvalue weighted by atomic mass is 14.7. The molecule has 0 aliphatic heterocycles. The summed E-state index contributed by atoms with van der Waals surface area (Å²) in [5.74, 6) is 0.464. The number of fused-ring (bicyclic) bond motifs is 4. The monoisotopic (exact) mass is 668 g/mol. The van der Waals surface area contributed by atoms with Crippen LogP contribution < -0.4 is 5.73 Å². The molecule has 0 spiro atoms. The number of rotatable bonds is 5. The Hall–Kier alpha value is -5.83. The number of nitrogens with two attached hydrogens (primary N) is 1. The number of nitrogens with zero attached hydrogens (tertiary/aromatic N) is 1. The molecule has 250 valence electrons. The van der Waals surface area contributed by atoms with Crippen molar-refractivity contribution in [1.29, 1.82) is 0 Å². The van der Waals surface area contributed by atoms with E-state index in [0.717, 1.165) is 24.1 Å². The summed E-state index contributed by atoms with van der Waals surface area (Å²) in [6.45, 7) is 0. The Labute approximate surface area is 306 Å². The minimum absolute atomic E-state index is 0.0669. The van der Waals surface area contributed by atoms with Crippen molar-refractivity contribution in [1.82, 2.24) is 4.98 Å². The molecular formula is C50H40N2. The molecule has 5 aliphatic carbocycles. The van der Waals surface area contributed by atoms with E-state index in [1.165, 1.54) is 90.4 Å². The van der Waals surface area contributed by atoms with Gasteiger partial charge in [-0.05, 0) is 109 Å². The third-order valence-corrected chi connectivity index (χ3v) is 11.7. The quantitative estimate of drug-likeness (QED) is 0.202. The normalized spacial score (nSPS) is 22.1. The number of allylic oxidation sites excluding steroid dienone is 12. The van der Waals surface area contributed by atoms with Crippen molar-refractivity contribution in [2.75, 3.05) is 0 Å². The second-order valence-corrected chi connectivity index (χ2v) is 14.5. The molecule has 5 aliphatic rings. The lowest BCUT2D eigenvalue weighted by Crippen LogP contribution is -2.21. The van der Waals surface area contributed by atoms with Gasteiger partial charge in [-0.1, -0.05) is 152 Å². The van der Waals surface area contributed by atoms with Crippen LogP contribution in [0.1, 0.15) is 57.8 Å². The summed E-state index contributed by atoms with van der Waals surface area (Å²) in [5, 5.41) is 2.69. The van der Waals surface area contributed by atoms with Crippen LogP contribution in [-0.4, -0.2) is 11.0 Å². The molecule has 0 amide bonds. The molecule has 10 rings (SSSR count). The Morgan fingerprint density at radius 2 is 1.42 bits per heavy atom. The molecule has 0 saturated carbocycles. The highest BCUT2D eigenvalue weighted by Crippen LogP contribution is 2.61. The summed E-state index contributed by atoms with van der Waals surface area (Å²) in [7, 11) is 0. The molecule has 0 fully saturated rings. The highest BCUT2D eigenvalue weighted by Gasteiger charge is 2.42. The van der Waals surface area contributed by atoms with E-state index in [9.17, 15) is 0 Å². The fourth-order valence-corrected chi connectivity index (χ4v) is 9.46. The summed E-state index contributed by atoms with van der Waals surface area (Å²) in [4.78, 5) is 5.15. The fourth-order valence-electron chi connectivity index (χ4n) is 9.46. The van der Waals surface area contributed by atoms with Crippen molar-refractivity contribution >= 4 is 33.6 Å². The van der Waals surface area contributed by atoms with Gasteiger partial charge in [0.25, 0.3) is 0 Å². The zero-order chi connectivity index (χ0) is 34.6. The first-order valence-corrected chi connectivity index (χ1v) is 18.8. The zero-order valence-electron chi connectivity index (χ0n) is 29.2. The molecule has 52 heavy (non-hydrogen) atoms. The van der Waals surface area contributed by atoms with Crippen LogP contribution in [0.3, 0.4) is 0 Å². The smallest absolute Gasteiger partial charge is 0.0664 e. The number of hydrogen-bond acceptors (Lipinski definition) is 2. The van der Waals surface area contributed by atoms with Gasteiger partial charge < -0.3 is 5.73 Å². The maximum Gasteiger partial charge on any atom is 0.0664 e.